The number of aromatic hydroxyl groups is 1. The molecule has 11 heteroatoms. The lowest BCUT2D eigenvalue weighted by molar-refractivity contribution is -0.140. The molecule has 2 heterocycles. The van der Waals surface area contributed by atoms with Crippen molar-refractivity contribution in [2.75, 3.05) is 70.3 Å². The number of fused-ring (bicyclic) bond motifs is 1. The maximum absolute atomic E-state index is 13.6. The molecule has 0 radical (unpaired) electrons. The number of phenolic OH excluding ortho intramolecular Hbond substituents is 1. The molecule has 0 aliphatic carbocycles. The Hall–Kier alpha value is -3.43. The van der Waals surface area contributed by atoms with Gasteiger partial charge >= 0.3 is 6.18 Å². The van der Waals surface area contributed by atoms with Crippen LogP contribution in [0.25, 0.3) is 10.9 Å². The van der Waals surface area contributed by atoms with Crippen LogP contribution in [0.15, 0.2) is 48.5 Å². The van der Waals surface area contributed by atoms with Gasteiger partial charge in [0.2, 0.25) is 0 Å². The van der Waals surface area contributed by atoms with Crippen molar-refractivity contribution in [3.05, 3.63) is 54.2 Å². The van der Waals surface area contributed by atoms with E-state index in [1.807, 2.05) is 6.07 Å². The number of phenols is 1. The van der Waals surface area contributed by atoms with Crippen molar-refractivity contribution in [3.63, 3.8) is 0 Å². The van der Waals surface area contributed by atoms with E-state index in [9.17, 15) is 18.3 Å². The largest absolute Gasteiger partial charge is 0.508 e. The van der Waals surface area contributed by atoms with Gasteiger partial charge in [0.05, 0.1) is 44.2 Å². The average molecular weight is 589 g/mol. The number of piperidine rings is 1. The molecule has 3 aromatic rings. The fourth-order valence-corrected chi connectivity index (χ4v) is 5.24. The molecule has 8 nitrogen and oxygen atoms in total. The zero-order valence-corrected chi connectivity index (χ0v) is 23.8. The number of halogens is 3. The van der Waals surface area contributed by atoms with E-state index in [0.717, 1.165) is 37.3 Å². The summed E-state index contributed by atoms with van der Waals surface area (Å²) >= 11 is 0. The van der Waals surface area contributed by atoms with E-state index >= 15 is 0 Å². The second-order valence-electron chi connectivity index (χ2n) is 10.5. The van der Waals surface area contributed by atoms with Crippen molar-refractivity contribution in [1.82, 2.24) is 9.47 Å². The molecule has 1 fully saturated rings. The molecule has 2 aromatic carbocycles. The molecule has 2 atom stereocenters. The minimum Gasteiger partial charge on any atom is -0.508 e. The van der Waals surface area contributed by atoms with Gasteiger partial charge in [0.25, 0.3) is 0 Å². The van der Waals surface area contributed by atoms with E-state index in [-0.39, 0.29) is 24.9 Å². The highest BCUT2D eigenvalue weighted by atomic mass is 19.4. The van der Waals surface area contributed by atoms with Crippen molar-refractivity contribution in [3.8, 4) is 17.6 Å². The third kappa shape index (κ3) is 9.29. The van der Waals surface area contributed by atoms with Gasteiger partial charge < -0.3 is 39.8 Å². The number of nitrogens with zero attached hydrogens (tertiary/aromatic N) is 2. The molecule has 0 bridgehead atoms. The number of ether oxygens (including phenoxy) is 2. The van der Waals surface area contributed by atoms with Crippen molar-refractivity contribution in [2.45, 2.75) is 31.6 Å². The first-order valence-corrected chi connectivity index (χ1v) is 14.2. The maximum Gasteiger partial charge on any atom is 0.406 e. The fourth-order valence-electron chi connectivity index (χ4n) is 5.24. The number of alkyl halides is 3. The highest BCUT2D eigenvalue weighted by Gasteiger charge is 2.31. The van der Waals surface area contributed by atoms with E-state index in [1.165, 1.54) is 4.57 Å². The standard InChI is InChI=1S/C31H39F3N4O4/c1-37-14-11-28(23(21-37)12-16-41-18-19-42-17-15-39)36-29-5-2-6-30-27(29)20-25(38(30)22-31(32,33)34)4-3-13-35-24-7-9-26(40)10-8-24/h2,5-10,20,23,28,35-36,39-40H,11-19,21-22H2,1H3. The molecule has 1 saturated heterocycles. The van der Waals surface area contributed by atoms with Crippen LogP contribution < -0.4 is 10.6 Å². The van der Waals surface area contributed by atoms with E-state index in [2.05, 4.69) is 34.4 Å². The highest BCUT2D eigenvalue weighted by Crippen LogP contribution is 2.32. The number of aliphatic hydroxyl groups excluding tert-OH is 1. The van der Waals surface area contributed by atoms with Gasteiger partial charge in [-0.05, 0) is 80.7 Å². The van der Waals surface area contributed by atoms with Crippen LogP contribution >= 0.6 is 0 Å². The summed E-state index contributed by atoms with van der Waals surface area (Å²) in [7, 11) is 2.09. The Balaban J connectivity index is 1.49. The molecule has 0 amide bonds. The summed E-state index contributed by atoms with van der Waals surface area (Å²) in [6.07, 6.45) is -2.67. The van der Waals surface area contributed by atoms with E-state index in [0.29, 0.717) is 48.9 Å². The quantitative estimate of drug-likeness (QED) is 0.133. The van der Waals surface area contributed by atoms with Gasteiger partial charge in [-0.3, -0.25) is 0 Å². The first-order valence-electron chi connectivity index (χ1n) is 14.2. The predicted octanol–water partition coefficient (Wildman–Crippen LogP) is 4.52. The molecule has 0 spiro atoms. The van der Waals surface area contributed by atoms with Crippen LogP contribution in [-0.4, -0.2) is 91.6 Å². The Morgan fingerprint density at radius 1 is 1.05 bits per heavy atom. The minimum absolute atomic E-state index is 0.0135. The summed E-state index contributed by atoms with van der Waals surface area (Å²) in [6.45, 7) is 2.65. The first-order chi connectivity index (χ1) is 20.2. The van der Waals surface area contributed by atoms with Gasteiger partial charge in [-0.15, -0.1) is 0 Å². The number of likely N-dealkylation sites (tertiary alicyclic amines) is 1. The summed E-state index contributed by atoms with van der Waals surface area (Å²) in [5.41, 5.74) is 2.30. The Bertz CT molecular complexity index is 1330. The molecule has 1 aliphatic heterocycles. The summed E-state index contributed by atoms with van der Waals surface area (Å²) in [5.74, 6) is 6.31. The van der Waals surface area contributed by atoms with Crippen LogP contribution in [0.1, 0.15) is 18.5 Å². The first kappa shape index (κ1) is 31.5. The van der Waals surface area contributed by atoms with Crippen molar-refractivity contribution in [1.29, 1.82) is 0 Å². The van der Waals surface area contributed by atoms with Gasteiger partial charge in [-0.2, -0.15) is 13.2 Å². The van der Waals surface area contributed by atoms with Crippen LogP contribution in [-0.2, 0) is 16.0 Å². The number of hydrogen-bond acceptors (Lipinski definition) is 7. The van der Waals surface area contributed by atoms with Crippen molar-refractivity contribution >= 4 is 22.3 Å². The summed E-state index contributed by atoms with van der Waals surface area (Å²) < 4.78 is 53.0. The number of anilines is 2. The average Bonchev–Trinajstić information content (AvgIpc) is 3.29. The smallest absolute Gasteiger partial charge is 0.406 e. The zero-order valence-electron chi connectivity index (χ0n) is 23.8. The summed E-state index contributed by atoms with van der Waals surface area (Å²) in [5, 5.41) is 25.7. The van der Waals surface area contributed by atoms with Crippen LogP contribution in [0.5, 0.6) is 5.75 Å². The molecule has 42 heavy (non-hydrogen) atoms. The van der Waals surface area contributed by atoms with E-state index in [4.69, 9.17) is 14.6 Å². The lowest BCUT2D eigenvalue weighted by Gasteiger charge is -2.38. The molecule has 4 rings (SSSR count). The Morgan fingerprint density at radius 2 is 1.81 bits per heavy atom. The monoisotopic (exact) mass is 588 g/mol. The second-order valence-corrected chi connectivity index (χ2v) is 10.5. The second kappa shape index (κ2) is 15.2. The molecule has 1 aliphatic rings. The third-order valence-electron chi connectivity index (χ3n) is 7.27. The topological polar surface area (TPSA) is 91.2 Å². The third-order valence-corrected chi connectivity index (χ3v) is 7.27. The van der Waals surface area contributed by atoms with Crippen LogP contribution in [0.2, 0.25) is 0 Å². The number of nitrogens with one attached hydrogen (secondary N) is 2. The van der Waals surface area contributed by atoms with Crippen LogP contribution in [0, 0.1) is 17.8 Å². The Labute approximate surface area is 244 Å². The Kier molecular flexibility index (Phi) is 11.4. The van der Waals surface area contributed by atoms with Gasteiger partial charge in [0.15, 0.2) is 0 Å². The number of aromatic nitrogens is 1. The lowest BCUT2D eigenvalue weighted by Crippen LogP contribution is -2.45. The Morgan fingerprint density at radius 3 is 2.55 bits per heavy atom. The van der Waals surface area contributed by atoms with Crippen LogP contribution in [0.4, 0.5) is 24.5 Å². The number of aliphatic hydroxyl groups is 1. The molecular weight excluding hydrogens is 549 g/mol. The van der Waals surface area contributed by atoms with Crippen molar-refractivity contribution in [2.24, 2.45) is 5.92 Å². The number of hydrogen-bond donors (Lipinski definition) is 4. The zero-order chi connectivity index (χ0) is 30.0. The molecule has 1 aromatic heterocycles. The predicted molar refractivity (Wildman–Crippen MR) is 158 cm³/mol. The molecule has 0 saturated carbocycles. The number of benzene rings is 2. The summed E-state index contributed by atoms with van der Waals surface area (Å²) in [6, 6.07) is 13.7. The van der Waals surface area contributed by atoms with Crippen molar-refractivity contribution < 1.29 is 32.9 Å². The SMILES string of the molecule is CN1CCC(Nc2cccc3c2cc(C#CCNc2ccc(O)cc2)n3CC(F)(F)F)C(CCOCCOCCO)C1. The van der Waals surface area contributed by atoms with E-state index in [1.54, 1.807) is 42.5 Å². The molecule has 4 N–H and O–H groups in total. The highest BCUT2D eigenvalue weighted by molar-refractivity contribution is 5.94. The van der Waals surface area contributed by atoms with E-state index < -0.39 is 12.7 Å². The molecular formula is C31H39F3N4O4. The van der Waals surface area contributed by atoms with Crippen LogP contribution in [0.3, 0.4) is 0 Å². The maximum atomic E-state index is 13.6. The van der Waals surface area contributed by atoms with Gasteiger partial charge in [0, 0.05) is 36.0 Å². The normalized spacial score (nSPS) is 17.6. The summed E-state index contributed by atoms with van der Waals surface area (Å²) in [4.78, 5) is 2.29. The van der Waals surface area contributed by atoms with Gasteiger partial charge in [0.1, 0.15) is 12.3 Å². The lowest BCUT2D eigenvalue weighted by atomic mass is 9.89. The minimum atomic E-state index is -4.40. The number of rotatable bonds is 13. The molecule has 2 unspecified atom stereocenters. The molecule has 228 valence electrons. The fraction of sp³-hybridized carbons (Fsp3) is 0.484. The van der Waals surface area contributed by atoms with Gasteiger partial charge in [-0.25, -0.2) is 0 Å². The van der Waals surface area contributed by atoms with Gasteiger partial charge in [-0.1, -0.05) is 12.0 Å².